The largest absolute Gasteiger partial charge is 0.378 e. The van der Waals surface area contributed by atoms with Gasteiger partial charge in [0.15, 0.2) is 0 Å². The Bertz CT molecular complexity index is 476. The number of morpholine rings is 1. The van der Waals surface area contributed by atoms with Gasteiger partial charge < -0.3 is 20.7 Å². The molecule has 1 amide bonds. The van der Waals surface area contributed by atoms with Crippen molar-refractivity contribution in [2.45, 2.75) is 12.8 Å². The molecular formula is C15H21N3O2. The highest BCUT2D eigenvalue weighted by Gasteiger charge is 2.48. The Labute approximate surface area is 119 Å². The number of hydrogen-bond acceptors (Lipinski definition) is 4. The fourth-order valence-electron chi connectivity index (χ4n) is 2.52. The summed E-state index contributed by atoms with van der Waals surface area (Å²) in [6.45, 7) is 3.82. The molecule has 108 valence electrons. The summed E-state index contributed by atoms with van der Waals surface area (Å²) in [6.07, 6.45) is 1.81. The van der Waals surface area contributed by atoms with Crippen LogP contribution >= 0.6 is 0 Å². The lowest BCUT2D eigenvalue weighted by Gasteiger charge is -2.29. The third-order valence-electron chi connectivity index (χ3n) is 4.23. The van der Waals surface area contributed by atoms with Crippen LogP contribution in [0.2, 0.25) is 0 Å². The molecule has 1 saturated carbocycles. The van der Waals surface area contributed by atoms with Gasteiger partial charge in [0, 0.05) is 31.0 Å². The third-order valence-corrected chi connectivity index (χ3v) is 4.23. The van der Waals surface area contributed by atoms with Gasteiger partial charge in [0.1, 0.15) is 0 Å². The summed E-state index contributed by atoms with van der Waals surface area (Å²) < 4.78 is 5.34. The van der Waals surface area contributed by atoms with E-state index in [-0.39, 0.29) is 11.3 Å². The fraction of sp³-hybridized carbons (Fsp3) is 0.533. The Morgan fingerprint density at radius 3 is 2.45 bits per heavy atom. The van der Waals surface area contributed by atoms with Crippen molar-refractivity contribution < 1.29 is 9.53 Å². The van der Waals surface area contributed by atoms with E-state index >= 15 is 0 Å². The Hall–Kier alpha value is -1.59. The van der Waals surface area contributed by atoms with E-state index in [1.54, 1.807) is 0 Å². The van der Waals surface area contributed by atoms with Crippen molar-refractivity contribution in [3.63, 3.8) is 0 Å². The predicted molar refractivity (Wildman–Crippen MR) is 78.8 cm³/mol. The Morgan fingerprint density at radius 1 is 1.25 bits per heavy atom. The van der Waals surface area contributed by atoms with Crippen molar-refractivity contribution in [1.82, 2.24) is 0 Å². The van der Waals surface area contributed by atoms with Gasteiger partial charge in [-0.25, -0.2) is 0 Å². The average molecular weight is 275 g/mol. The van der Waals surface area contributed by atoms with Crippen LogP contribution in [0, 0.1) is 5.41 Å². The number of hydrogen-bond donors (Lipinski definition) is 2. The number of carbonyl (C=O) groups is 1. The van der Waals surface area contributed by atoms with Crippen LogP contribution < -0.4 is 16.0 Å². The third kappa shape index (κ3) is 2.64. The highest BCUT2D eigenvalue weighted by atomic mass is 16.5. The molecule has 0 atom stereocenters. The summed E-state index contributed by atoms with van der Waals surface area (Å²) in [5.74, 6) is 0.0547. The van der Waals surface area contributed by atoms with E-state index in [2.05, 4.69) is 10.2 Å². The second kappa shape index (κ2) is 5.42. The van der Waals surface area contributed by atoms with Gasteiger partial charge in [-0.2, -0.15) is 0 Å². The van der Waals surface area contributed by atoms with Crippen LogP contribution in [-0.4, -0.2) is 38.8 Å². The highest BCUT2D eigenvalue weighted by molar-refractivity contribution is 5.97. The molecule has 5 heteroatoms. The van der Waals surface area contributed by atoms with Gasteiger partial charge in [-0.15, -0.1) is 0 Å². The molecule has 20 heavy (non-hydrogen) atoms. The fourth-order valence-corrected chi connectivity index (χ4v) is 2.52. The second-order valence-corrected chi connectivity index (χ2v) is 5.58. The first-order chi connectivity index (χ1) is 9.73. The molecule has 5 nitrogen and oxygen atoms in total. The molecule has 2 aliphatic rings. The molecule has 3 rings (SSSR count). The van der Waals surface area contributed by atoms with Crippen molar-refractivity contribution >= 4 is 17.3 Å². The molecular weight excluding hydrogens is 254 g/mol. The molecule has 0 unspecified atom stereocenters. The molecule has 1 saturated heterocycles. The van der Waals surface area contributed by atoms with Crippen molar-refractivity contribution in [2.24, 2.45) is 11.1 Å². The number of anilines is 2. The standard InChI is InChI=1S/C15H21N3O2/c16-11-15(5-6-15)14(19)17-12-1-3-13(4-2-12)18-7-9-20-10-8-18/h1-4H,5-11,16H2,(H,17,19). The predicted octanol–water partition coefficient (Wildman–Crippen LogP) is 1.20. The maximum Gasteiger partial charge on any atom is 0.231 e. The lowest BCUT2D eigenvalue weighted by molar-refractivity contribution is -0.120. The normalized spacial score (nSPS) is 20.6. The Kier molecular flexibility index (Phi) is 3.63. The number of nitrogens with zero attached hydrogens (tertiary/aromatic N) is 1. The van der Waals surface area contributed by atoms with Gasteiger partial charge in [0.2, 0.25) is 5.91 Å². The van der Waals surface area contributed by atoms with Gasteiger partial charge in [-0.05, 0) is 37.1 Å². The minimum atomic E-state index is -0.303. The average Bonchev–Trinajstić information content (AvgIpc) is 3.30. The van der Waals surface area contributed by atoms with Crippen molar-refractivity contribution in [1.29, 1.82) is 0 Å². The number of nitrogens with two attached hydrogens (primary N) is 1. The summed E-state index contributed by atoms with van der Waals surface area (Å²) in [5, 5.41) is 2.96. The maximum atomic E-state index is 12.1. The molecule has 3 N–H and O–H groups in total. The van der Waals surface area contributed by atoms with E-state index in [1.165, 1.54) is 5.69 Å². The van der Waals surface area contributed by atoms with Gasteiger partial charge in [-0.1, -0.05) is 0 Å². The van der Waals surface area contributed by atoms with Gasteiger partial charge >= 0.3 is 0 Å². The van der Waals surface area contributed by atoms with Crippen LogP contribution in [0.4, 0.5) is 11.4 Å². The molecule has 1 aromatic rings. The molecule has 1 aliphatic carbocycles. The van der Waals surface area contributed by atoms with E-state index in [0.29, 0.717) is 6.54 Å². The van der Waals surface area contributed by atoms with Crippen LogP contribution in [0.25, 0.3) is 0 Å². The number of rotatable bonds is 4. The number of amides is 1. The molecule has 0 spiro atoms. The van der Waals surface area contributed by atoms with Crippen molar-refractivity contribution in [3.8, 4) is 0 Å². The molecule has 2 fully saturated rings. The zero-order chi connectivity index (χ0) is 14.0. The second-order valence-electron chi connectivity index (χ2n) is 5.58. The van der Waals surface area contributed by atoms with E-state index in [4.69, 9.17) is 10.5 Å². The monoisotopic (exact) mass is 275 g/mol. The minimum absolute atomic E-state index is 0.0547. The maximum absolute atomic E-state index is 12.1. The summed E-state index contributed by atoms with van der Waals surface area (Å²) >= 11 is 0. The lowest BCUT2D eigenvalue weighted by atomic mass is 10.1. The summed E-state index contributed by atoms with van der Waals surface area (Å²) in [4.78, 5) is 14.4. The lowest BCUT2D eigenvalue weighted by Crippen LogP contribution is -2.36. The first-order valence-electron chi connectivity index (χ1n) is 7.18. The van der Waals surface area contributed by atoms with Crippen molar-refractivity contribution in [3.05, 3.63) is 24.3 Å². The molecule has 0 aromatic heterocycles. The van der Waals surface area contributed by atoms with Crippen LogP contribution in [0.1, 0.15) is 12.8 Å². The Morgan fingerprint density at radius 2 is 1.90 bits per heavy atom. The van der Waals surface area contributed by atoms with Gasteiger partial charge in [0.25, 0.3) is 0 Å². The van der Waals surface area contributed by atoms with E-state index in [9.17, 15) is 4.79 Å². The van der Waals surface area contributed by atoms with Crippen LogP contribution in [-0.2, 0) is 9.53 Å². The first kappa shape index (κ1) is 13.4. The quantitative estimate of drug-likeness (QED) is 0.866. The van der Waals surface area contributed by atoms with E-state index in [1.807, 2.05) is 24.3 Å². The summed E-state index contributed by atoms with van der Waals surface area (Å²) in [5.41, 5.74) is 7.37. The van der Waals surface area contributed by atoms with Crippen LogP contribution in [0.3, 0.4) is 0 Å². The number of benzene rings is 1. The highest BCUT2D eigenvalue weighted by Crippen LogP contribution is 2.45. The number of nitrogens with one attached hydrogen (secondary N) is 1. The zero-order valence-corrected chi connectivity index (χ0v) is 11.6. The van der Waals surface area contributed by atoms with E-state index in [0.717, 1.165) is 44.8 Å². The minimum Gasteiger partial charge on any atom is -0.378 e. The molecule has 0 bridgehead atoms. The van der Waals surface area contributed by atoms with Crippen LogP contribution in [0.15, 0.2) is 24.3 Å². The van der Waals surface area contributed by atoms with Gasteiger partial charge in [0.05, 0.1) is 18.6 Å². The molecule has 1 aliphatic heterocycles. The summed E-state index contributed by atoms with van der Waals surface area (Å²) in [7, 11) is 0. The molecule has 0 radical (unpaired) electrons. The number of ether oxygens (including phenoxy) is 1. The van der Waals surface area contributed by atoms with Gasteiger partial charge in [-0.3, -0.25) is 4.79 Å². The van der Waals surface area contributed by atoms with Crippen LogP contribution in [0.5, 0.6) is 0 Å². The number of carbonyl (C=O) groups excluding carboxylic acids is 1. The Balaban J connectivity index is 1.62. The van der Waals surface area contributed by atoms with E-state index < -0.39 is 0 Å². The first-order valence-corrected chi connectivity index (χ1v) is 7.18. The molecule has 1 heterocycles. The SMILES string of the molecule is NCC1(C(=O)Nc2ccc(N3CCOCC3)cc2)CC1. The molecule has 1 aromatic carbocycles. The zero-order valence-electron chi connectivity index (χ0n) is 11.6. The smallest absolute Gasteiger partial charge is 0.231 e. The summed E-state index contributed by atoms with van der Waals surface area (Å²) in [6, 6.07) is 8.00. The van der Waals surface area contributed by atoms with Crippen molar-refractivity contribution in [2.75, 3.05) is 43.1 Å². The topological polar surface area (TPSA) is 67.6 Å².